The fourth-order valence-electron chi connectivity index (χ4n) is 2.18. The number of rotatable bonds is 14. The van der Waals surface area contributed by atoms with Crippen LogP contribution < -0.4 is 5.32 Å². The molecule has 0 saturated heterocycles. The number of carbonyl (C=O) groups is 3. The summed E-state index contributed by atoms with van der Waals surface area (Å²) in [6.45, 7) is 3.39. The van der Waals surface area contributed by atoms with Crippen LogP contribution in [0.3, 0.4) is 0 Å². The SMILES string of the molecule is CCCCOP(=O)(OCCCC)C(NC(=O)S)C(=O)OCC(=O)c1ccc(Br)cc1. The number of nitrogens with one attached hydrogen (secondary N) is 1. The average Bonchev–Trinajstić information content (AvgIpc) is 2.70. The van der Waals surface area contributed by atoms with E-state index in [9.17, 15) is 18.9 Å². The second-order valence-electron chi connectivity index (χ2n) is 6.30. The second kappa shape index (κ2) is 14.0. The lowest BCUT2D eigenvalue weighted by Crippen LogP contribution is -2.41. The first kappa shape index (κ1) is 26.8. The van der Waals surface area contributed by atoms with E-state index >= 15 is 0 Å². The van der Waals surface area contributed by atoms with Crippen LogP contribution in [0.25, 0.3) is 0 Å². The van der Waals surface area contributed by atoms with Gasteiger partial charge in [-0.3, -0.25) is 14.2 Å². The van der Waals surface area contributed by atoms with Crippen molar-refractivity contribution in [3.8, 4) is 0 Å². The van der Waals surface area contributed by atoms with Crippen LogP contribution in [-0.4, -0.2) is 42.6 Å². The summed E-state index contributed by atoms with van der Waals surface area (Å²) in [7, 11) is -4.11. The Bertz CT molecular complexity index is 746. The van der Waals surface area contributed by atoms with E-state index in [0.717, 1.165) is 17.3 Å². The van der Waals surface area contributed by atoms with E-state index in [1.165, 1.54) is 0 Å². The maximum atomic E-state index is 13.3. The molecule has 0 saturated carbocycles. The smallest absolute Gasteiger partial charge is 0.364 e. The quantitative estimate of drug-likeness (QED) is 0.116. The lowest BCUT2D eigenvalue weighted by atomic mass is 10.1. The Morgan fingerprint density at radius 3 is 2.07 bits per heavy atom. The number of carbonyl (C=O) groups excluding carboxylic acids is 3. The third kappa shape index (κ3) is 9.31. The van der Waals surface area contributed by atoms with E-state index in [0.29, 0.717) is 18.4 Å². The Labute approximate surface area is 190 Å². The zero-order valence-electron chi connectivity index (χ0n) is 17.0. The molecule has 0 spiro atoms. The van der Waals surface area contributed by atoms with Crippen LogP contribution in [0.5, 0.6) is 0 Å². The van der Waals surface area contributed by atoms with Crippen molar-refractivity contribution in [3.05, 3.63) is 34.3 Å². The molecule has 1 rings (SSSR count). The number of ether oxygens (including phenoxy) is 1. The first-order valence-corrected chi connectivity index (χ1v) is 12.4. The van der Waals surface area contributed by atoms with Gasteiger partial charge in [-0.2, -0.15) is 0 Å². The number of hydrogen-bond donors (Lipinski definition) is 2. The molecule has 1 unspecified atom stereocenters. The summed E-state index contributed by atoms with van der Waals surface area (Å²) in [6, 6.07) is 6.49. The van der Waals surface area contributed by atoms with Crippen LogP contribution in [0.2, 0.25) is 0 Å². The molecule has 1 N–H and O–H groups in total. The highest BCUT2D eigenvalue weighted by Gasteiger charge is 2.44. The highest BCUT2D eigenvalue weighted by molar-refractivity contribution is 9.10. The van der Waals surface area contributed by atoms with Gasteiger partial charge >= 0.3 is 13.6 Å². The number of unbranched alkanes of at least 4 members (excludes halogenated alkanes) is 2. The van der Waals surface area contributed by atoms with E-state index in [2.05, 4.69) is 33.9 Å². The van der Waals surface area contributed by atoms with Gasteiger partial charge in [0.2, 0.25) is 5.78 Å². The normalized spacial score (nSPS) is 12.3. The fourth-order valence-corrected chi connectivity index (χ4v) is 4.42. The zero-order valence-corrected chi connectivity index (χ0v) is 20.3. The predicted molar refractivity (Wildman–Crippen MR) is 120 cm³/mol. The zero-order chi connectivity index (χ0) is 22.6. The fraction of sp³-hybridized carbons (Fsp3) is 0.526. The summed E-state index contributed by atoms with van der Waals surface area (Å²) >= 11 is 6.87. The maximum Gasteiger partial charge on any atom is 0.364 e. The summed E-state index contributed by atoms with van der Waals surface area (Å²) in [4.78, 5) is 36.4. The molecule has 0 bridgehead atoms. The van der Waals surface area contributed by atoms with Crippen LogP contribution in [0.4, 0.5) is 4.79 Å². The van der Waals surface area contributed by atoms with Crippen molar-refractivity contribution in [2.24, 2.45) is 0 Å². The van der Waals surface area contributed by atoms with Crippen molar-refractivity contribution in [2.45, 2.75) is 45.3 Å². The summed E-state index contributed by atoms with van der Waals surface area (Å²) in [5.74, 6) is -3.28. The molecule has 1 aromatic rings. The summed E-state index contributed by atoms with van der Waals surface area (Å²) < 4.78 is 29.9. The highest BCUT2D eigenvalue weighted by atomic mass is 79.9. The summed E-state index contributed by atoms with van der Waals surface area (Å²) in [5.41, 5.74) is 0.336. The Hall–Kier alpha value is -1.19. The maximum absolute atomic E-state index is 13.3. The van der Waals surface area contributed by atoms with Crippen LogP contribution in [0.1, 0.15) is 49.9 Å². The van der Waals surface area contributed by atoms with Gasteiger partial charge in [0.05, 0.1) is 13.2 Å². The standard InChI is InChI=1S/C19H27BrNO7PS/c1-3-5-11-27-29(25,28-12-6-4-2)17(21-19(24)30)18(23)26-13-16(22)14-7-9-15(20)10-8-14/h7-10,17H,3-6,11-13H2,1-2H3,(H2,21,24,30). The number of ketones is 1. The monoisotopic (exact) mass is 523 g/mol. The molecule has 11 heteroatoms. The Morgan fingerprint density at radius 2 is 1.60 bits per heavy atom. The largest absolute Gasteiger partial charge is 0.455 e. The molecule has 0 heterocycles. The van der Waals surface area contributed by atoms with E-state index in [1.54, 1.807) is 24.3 Å². The first-order chi connectivity index (χ1) is 14.2. The van der Waals surface area contributed by atoms with Gasteiger partial charge in [-0.25, -0.2) is 4.79 Å². The molecule has 0 aromatic heterocycles. The van der Waals surface area contributed by atoms with E-state index in [-0.39, 0.29) is 13.2 Å². The molecule has 8 nitrogen and oxygen atoms in total. The molecule has 0 radical (unpaired) electrons. The van der Waals surface area contributed by atoms with E-state index < -0.39 is 37.0 Å². The van der Waals surface area contributed by atoms with Gasteiger partial charge in [0.15, 0.2) is 12.4 Å². The third-order valence-corrected chi connectivity index (χ3v) is 6.56. The van der Waals surface area contributed by atoms with E-state index in [1.807, 2.05) is 13.8 Å². The number of thiol groups is 1. The van der Waals surface area contributed by atoms with Gasteiger partial charge < -0.3 is 19.1 Å². The highest BCUT2D eigenvalue weighted by Crippen LogP contribution is 2.53. The van der Waals surface area contributed by atoms with Gasteiger partial charge in [-0.05, 0) is 25.0 Å². The minimum absolute atomic E-state index is 0.0734. The topological polar surface area (TPSA) is 108 Å². The number of Topliss-reactive ketones (excluding diaryl/α,β-unsaturated/α-hetero) is 1. The van der Waals surface area contributed by atoms with Crippen LogP contribution >= 0.6 is 36.2 Å². The number of hydrogen-bond acceptors (Lipinski definition) is 7. The van der Waals surface area contributed by atoms with Crippen molar-refractivity contribution in [1.82, 2.24) is 5.32 Å². The molecular weight excluding hydrogens is 497 g/mol. The van der Waals surface area contributed by atoms with Gasteiger partial charge in [-0.15, -0.1) is 0 Å². The third-order valence-electron chi connectivity index (χ3n) is 3.85. The van der Waals surface area contributed by atoms with Gasteiger partial charge in [-0.1, -0.05) is 67.4 Å². The average molecular weight is 524 g/mol. The molecular formula is C19H27BrNO7PS. The number of amides is 1. The molecule has 30 heavy (non-hydrogen) atoms. The molecule has 1 atom stereocenters. The van der Waals surface area contributed by atoms with Gasteiger partial charge in [0.25, 0.3) is 5.24 Å². The number of halogens is 1. The van der Waals surface area contributed by atoms with Crippen LogP contribution in [0, 0.1) is 0 Å². The molecule has 0 fully saturated rings. The second-order valence-corrected chi connectivity index (χ2v) is 9.74. The lowest BCUT2D eigenvalue weighted by Gasteiger charge is -2.25. The molecule has 0 aliphatic rings. The minimum Gasteiger partial charge on any atom is -0.455 e. The van der Waals surface area contributed by atoms with Crippen molar-refractivity contribution in [2.75, 3.05) is 19.8 Å². The molecule has 0 aliphatic heterocycles. The Morgan fingerprint density at radius 1 is 1.07 bits per heavy atom. The summed E-state index contributed by atoms with van der Waals surface area (Å²) in [6.07, 6.45) is 2.70. The van der Waals surface area contributed by atoms with Gasteiger partial charge in [0, 0.05) is 10.0 Å². The molecule has 0 aliphatic carbocycles. The van der Waals surface area contributed by atoms with Gasteiger partial charge in [0.1, 0.15) is 0 Å². The molecule has 1 aromatic carbocycles. The van der Waals surface area contributed by atoms with Crippen LogP contribution in [0.15, 0.2) is 28.7 Å². The Kier molecular flexibility index (Phi) is 12.5. The van der Waals surface area contributed by atoms with Crippen molar-refractivity contribution < 1.29 is 32.7 Å². The lowest BCUT2D eigenvalue weighted by molar-refractivity contribution is -0.142. The first-order valence-electron chi connectivity index (χ1n) is 9.57. The Balaban J connectivity index is 2.93. The van der Waals surface area contributed by atoms with Crippen molar-refractivity contribution in [1.29, 1.82) is 0 Å². The predicted octanol–water partition coefficient (Wildman–Crippen LogP) is 4.97. The number of esters is 1. The van der Waals surface area contributed by atoms with Crippen molar-refractivity contribution >= 4 is 53.1 Å². The molecule has 168 valence electrons. The minimum atomic E-state index is -4.11. The van der Waals surface area contributed by atoms with Crippen molar-refractivity contribution in [3.63, 3.8) is 0 Å². The van der Waals surface area contributed by atoms with Crippen LogP contribution in [-0.2, 0) is 23.1 Å². The summed E-state index contributed by atoms with van der Waals surface area (Å²) in [5, 5.41) is 1.26. The number of benzene rings is 1. The molecule has 1 amide bonds. The van der Waals surface area contributed by atoms with E-state index in [4.69, 9.17) is 13.8 Å².